The summed E-state index contributed by atoms with van der Waals surface area (Å²) < 4.78 is 1.66. The molecule has 11 heteroatoms. The number of nitrogen functional groups attached to an aromatic ring is 1. The molecule has 0 radical (unpaired) electrons. The van der Waals surface area contributed by atoms with E-state index in [2.05, 4.69) is 48.1 Å². The highest BCUT2D eigenvalue weighted by Crippen LogP contribution is 2.13. The van der Waals surface area contributed by atoms with Gasteiger partial charge in [0.15, 0.2) is 0 Å². The number of amides is 3. The fourth-order valence-electron chi connectivity index (χ4n) is 3.23. The number of hydrazine groups is 2. The van der Waals surface area contributed by atoms with Gasteiger partial charge in [-0.05, 0) is 79.0 Å². The first kappa shape index (κ1) is 33.4. The maximum atomic E-state index is 11.9. The minimum absolute atomic E-state index is 0.247. The lowest BCUT2D eigenvalue weighted by atomic mass is 10.1. The van der Waals surface area contributed by atoms with E-state index >= 15 is 0 Å². The number of hydrogen-bond acceptors (Lipinski definition) is 5. The summed E-state index contributed by atoms with van der Waals surface area (Å²) in [6.07, 6.45) is 0. The van der Waals surface area contributed by atoms with E-state index < -0.39 is 5.24 Å². The first-order valence-corrected chi connectivity index (χ1v) is 13.9. The molecule has 5 N–H and O–H groups in total. The van der Waals surface area contributed by atoms with Crippen LogP contribution in [0.3, 0.4) is 0 Å². The Labute approximate surface area is 259 Å². The van der Waals surface area contributed by atoms with Gasteiger partial charge in [0, 0.05) is 31.2 Å². The van der Waals surface area contributed by atoms with Crippen molar-refractivity contribution in [1.82, 2.24) is 16.3 Å². The number of aryl methyl sites for hydroxylation is 2. The molecule has 0 heterocycles. The minimum atomic E-state index is -0.429. The number of carbonyl (C=O) groups is 4. The van der Waals surface area contributed by atoms with Crippen LogP contribution in [0.2, 0.25) is 0 Å². The lowest BCUT2D eigenvalue weighted by Gasteiger charge is -2.09. The second kappa shape index (κ2) is 17.1. The van der Waals surface area contributed by atoms with E-state index in [1.165, 1.54) is 0 Å². The molecule has 0 aromatic heterocycles. The van der Waals surface area contributed by atoms with Crippen LogP contribution in [0.4, 0.5) is 0 Å². The van der Waals surface area contributed by atoms with Gasteiger partial charge in [-0.3, -0.25) is 35.5 Å². The lowest BCUT2D eigenvalue weighted by Crippen LogP contribution is -2.41. The Morgan fingerprint density at radius 1 is 0.610 bits per heavy atom. The number of nitrogens with one attached hydrogen (secondary N) is 3. The quantitative estimate of drug-likeness (QED) is 0.0864. The Kier molecular flexibility index (Phi) is 13.9. The maximum Gasteiger partial charge on any atom is 0.269 e. The second-order valence-electron chi connectivity index (χ2n) is 8.31. The van der Waals surface area contributed by atoms with Gasteiger partial charge >= 0.3 is 0 Å². The standard InChI is InChI=1S/C15H13BrN2O2.C8H10N2O.C7H4BrClO/c1-10-5-2-3-8-13(10)15(20)18-17-14(19)11-6-4-7-12(16)9-11;1-6-4-2-3-5-7(6)8(11)10-9;8-6-3-1-2-5(4-6)7(9)10/h2-9H,1H3,(H,17,19)(H,18,20);2-5H,9H2,1H3,(H,10,11);1-4H. The highest BCUT2D eigenvalue weighted by atomic mass is 79.9. The van der Waals surface area contributed by atoms with Crippen LogP contribution in [-0.2, 0) is 0 Å². The molecule has 0 unspecified atom stereocenters. The molecule has 0 aliphatic heterocycles. The topological polar surface area (TPSA) is 130 Å². The van der Waals surface area contributed by atoms with Gasteiger partial charge < -0.3 is 0 Å². The molecule has 4 aromatic carbocycles. The van der Waals surface area contributed by atoms with Crippen LogP contribution in [0.5, 0.6) is 0 Å². The zero-order chi connectivity index (χ0) is 30.4. The first-order chi connectivity index (χ1) is 19.5. The summed E-state index contributed by atoms with van der Waals surface area (Å²) in [5, 5.41) is -0.429. The second-order valence-corrected chi connectivity index (χ2v) is 10.5. The summed E-state index contributed by atoms with van der Waals surface area (Å²) >= 11 is 11.7. The van der Waals surface area contributed by atoms with Crippen LogP contribution in [-0.4, -0.2) is 23.0 Å². The average molecular weight is 703 g/mol. The molecule has 0 aliphatic rings. The van der Waals surface area contributed by atoms with Crippen LogP contribution >= 0.6 is 43.5 Å². The van der Waals surface area contributed by atoms with Crippen LogP contribution in [0.1, 0.15) is 52.6 Å². The zero-order valence-electron chi connectivity index (χ0n) is 22.1. The summed E-state index contributed by atoms with van der Waals surface area (Å²) in [6.45, 7) is 3.70. The molecule has 0 spiro atoms. The maximum absolute atomic E-state index is 11.9. The van der Waals surface area contributed by atoms with Gasteiger partial charge in [-0.2, -0.15) is 0 Å². The average Bonchev–Trinajstić information content (AvgIpc) is 2.96. The fourth-order valence-corrected chi connectivity index (χ4v) is 4.14. The number of nitrogens with two attached hydrogens (primary N) is 1. The largest absolute Gasteiger partial charge is 0.290 e. The molecule has 4 aromatic rings. The summed E-state index contributed by atoms with van der Waals surface area (Å²) in [6, 6.07) is 28.3. The van der Waals surface area contributed by atoms with Gasteiger partial charge in [0.05, 0.1) is 0 Å². The van der Waals surface area contributed by atoms with Gasteiger partial charge in [-0.15, -0.1) is 0 Å². The highest BCUT2D eigenvalue weighted by molar-refractivity contribution is 9.10. The monoisotopic (exact) mass is 700 g/mol. The summed E-state index contributed by atoms with van der Waals surface area (Å²) in [4.78, 5) is 45.3. The van der Waals surface area contributed by atoms with Gasteiger partial charge in [0.2, 0.25) is 0 Å². The third-order valence-corrected chi connectivity index (χ3v) is 6.54. The van der Waals surface area contributed by atoms with E-state index in [9.17, 15) is 19.2 Å². The molecular weight excluding hydrogens is 676 g/mol. The molecule has 0 fully saturated rings. The number of carbonyl (C=O) groups excluding carboxylic acids is 4. The molecule has 0 saturated carbocycles. The van der Waals surface area contributed by atoms with Crippen LogP contribution in [0.15, 0.2) is 106 Å². The van der Waals surface area contributed by atoms with Crippen LogP contribution in [0.25, 0.3) is 0 Å². The Bertz CT molecular complexity index is 1530. The van der Waals surface area contributed by atoms with Gasteiger partial charge in [-0.1, -0.05) is 86.5 Å². The smallest absolute Gasteiger partial charge is 0.269 e. The molecule has 0 saturated heterocycles. The van der Waals surface area contributed by atoms with Crippen LogP contribution < -0.4 is 22.1 Å². The molecule has 8 nitrogen and oxygen atoms in total. The van der Waals surface area contributed by atoms with Crippen molar-refractivity contribution < 1.29 is 19.2 Å². The summed E-state index contributed by atoms with van der Waals surface area (Å²) in [7, 11) is 0. The van der Waals surface area contributed by atoms with Crippen molar-refractivity contribution in [2.75, 3.05) is 0 Å². The number of benzene rings is 4. The van der Waals surface area contributed by atoms with Crippen molar-refractivity contribution in [2.45, 2.75) is 13.8 Å². The molecule has 0 bridgehead atoms. The minimum Gasteiger partial charge on any atom is -0.290 e. The van der Waals surface area contributed by atoms with E-state index in [0.29, 0.717) is 22.3 Å². The molecule has 3 amide bonds. The van der Waals surface area contributed by atoms with E-state index in [0.717, 1.165) is 20.1 Å². The third-order valence-electron chi connectivity index (χ3n) is 5.34. The molecular formula is C30H27Br2ClN4O4. The molecule has 4 rings (SSSR count). The van der Waals surface area contributed by atoms with Gasteiger partial charge in [-0.25, -0.2) is 5.84 Å². The predicted molar refractivity (Wildman–Crippen MR) is 167 cm³/mol. The Balaban J connectivity index is 0.000000236. The normalized spacial score (nSPS) is 9.61. The molecule has 0 aliphatic carbocycles. The number of hydrogen-bond donors (Lipinski definition) is 4. The SMILES string of the molecule is Cc1ccccc1C(=O)NN.Cc1ccccc1C(=O)NNC(=O)c1cccc(Br)c1.O=C(Cl)c1cccc(Br)c1. The molecule has 0 atom stereocenters. The van der Waals surface area contributed by atoms with E-state index in [-0.39, 0.29) is 17.7 Å². The fraction of sp³-hybridized carbons (Fsp3) is 0.0667. The molecule has 41 heavy (non-hydrogen) atoms. The van der Waals surface area contributed by atoms with Crippen molar-refractivity contribution in [3.05, 3.63) is 139 Å². The Hall–Kier alpha value is -3.83. The van der Waals surface area contributed by atoms with Crippen LogP contribution in [0, 0.1) is 13.8 Å². The number of rotatable bonds is 4. The predicted octanol–water partition coefficient (Wildman–Crippen LogP) is 6.26. The Morgan fingerprint density at radius 2 is 1.05 bits per heavy atom. The third kappa shape index (κ3) is 11.3. The molecule has 212 valence electrons. The summed E-state index contributed by atoms with van der Waals surface area (Å²) in [5.74, 6) is 4.02. The van der Waals surface area contributed by atoms with Gasteiger partial charge in [0.25, 0.3) is 23.0 Å². The first-order valence-electron chi connectivity index (χ1n) is 12.0. The van der Waals surface area contributed by atoms with E-state index in [1.807, 2.05) is 50.2 Å². The van der Waals surface area contributed by atoms with E-state index in [4.69, 9.17) is 17.4 Å². The number of halogens is 3. The summed E-state index contributed by atoms with van der Waals surface area (Å²) in [5.41, 5.74) is 10.8. The van der Waals surface area contributed by atoms with Crippen molar-refractivity contribution in [3.8, 4) is 0 Å². The Morgan fingerprint density at radius 3 is 1.49 bits per heavy atom. The van der Waals surface area contributed by atoms with Crippen molar-refractivity contribution in [2.24, 2.45) is 5.84 Å². The van der Waals surface area contributed by atoms with Crippen molar-refractivity contribution >= 4 is 66.4 Å². The van der Waals surface area contributed by atoms with Gasteiger partial charge in [0.1, 0.15) is 0 Å². The van der Waals surface area contributed by atoms with Crippen molar-refractivity contribution in [1.29, 1.82) is 0 Å². The van der Waals surface area contributed by atoms with Crippen molar-refractivity contribution in [3.63, 3.8) is 0 Å². The van der Waals surface area contributed by atoms with E-state index in [1.54, 1.807) is 60.7 Å². The lowest BCUT2D eigenvalue weighted by molar-refractivity contribution is 0.0846. The zero-order valence-corrected chi connectivity index (χ0v) is 26.0. The highest BCUT2D eigenvalue weighted by Gasteiger charge is 2.10.